The lowest BCUT2D eigenvalue weighted by Gasteiger charge is -2.26. The smallest absolute Gasteiger partial charge is 0.135 e. The Labute approximate surface area is 382 Å². The van der Waals surface area contributed by atoms with E-state index in [1.54, 1.807) is 0 Å². The molecule has 0 aliphatic carbocycles. The second-order valence-corrected chi connectivity index (χ2v) is 19.6. The molecule has 1 atom stereocenters. The summed E-state index contributed by atoms with van der Waals surface area (Å²) in [6.45, 7) is 13.8. The van der Waals surface area contributed by atoms with Crippen LogP contribution >= 0.6 is 0 Å². The van der Waals surface area contributed by atoms with Crippen molar-refractivity contribution in [2.24, 2.45) is 4.99 Å². The van der Waals surface area contributed by atoms with Gasteiger partial charge in [-0.15, -0.1) is 0 Å². The van der Waals surface area contributed by atoms with Gasteiger partial charge in [-0.1, -0.05) is 205 Å². The first-order chi connectivity index (χ1) is 31.5. The third-order valence-corrected chi connectivity index (χ3v) is 13.4. The fourth-order valence-corrected chi connectivity index (χ4v) is 9.91. The summed E-state index contributed by atoms with van der Waals surface area (Å²) in [6.07, 6.45) is 2.27. The lowest BCUT2D eigenvalue weighted by molar-refractivity contribution is 0.590. The van der Waals surface area contributed by atoms with Crippen LogP contribution in [0.1, 0.15) is 75.4 Å². The molecule has 1 aliphatic rings. The van der Waals surface area contributed by atoms with Crippen molar-refractivity contribution < 1.29 is 0 Å². The van der Waals surface area contributed by atoms with Crippen LogP contribution in [0, 0.1) is 0 Å². The number of aromatic nitrogens is 1. The van der Waals surface area contributed by atoms with Gasteiger partial charge in [0, 0.05) is 27.3 Å². The van der Waals surface area contributed by atoms with Crippen LogP contribution in [0.15, 0.2) is 205 Å². The van der Waals surface area contributed by atoms with Gasteiger partial charge in [0.25, 0.3) is 0 Å². The Kier molecular flexibility index (Phi) is 9.70. The summed E-state index contributed by atoms with van der Waals surface area (Å²) >= 11 is 0. The van der Waals surface area contributed by atoms with E-state index >= 15 is 0 Å². The molecular weight excluding hydrogens is 787 g/mol. The van der Waals surface area contributed by atoms with E-state index in [-0.39, 0.29) is 16.9 Å². The highest BCUT2D eigenvalue weighted by molar-refractivity contribution is 6.17. The predicted molar refractivity (Wildman–Crippen MR) is 277 cm³/mol. The van der Waals surface area contributed by atoms with E-state index in [1.165, 1.54) is 77.0 Å². The molecule has 0 saturated carbocycles. The van der Waals surface area contributed by atoms with Crippen LogP contribution in [0.25, 0.3) is 77.0 Å². The average molecular weight is 840 g/mol. The molecule has 1 N–H and O–H groups in total. The number of amidine groups is 1. The average Bonchev–Trinajstić information content (AvgIpc) is 3.66. The molecule has 0 fully saturated rings. The summed E-state index contributed by atoms with van der Waals surface area (Å²) in [4.78, 5) is 5.48. The maximum Gasteiger partial charge on any atom is 0.135 e. The van der Waals surface area contributed by atoms with Crippen LogP contribution in [0.2, 0.25) is 0 Å². The van der Waals surface area contributed by atoms with Crippen molar-refractivity contribution in [2.45, 2.75) is 58.4 Å². The Morgan fingerprint density at radius 2 is 0.892 bits per heavy atom. The lowest BCUT2D eigenvalue weighted by Crippen LogP contribution is -2.31. The topological polar surface area (TPSA) is 29.3 Å². The van der Waals surface area contributed by atoms with Gasteiger partial charge in [-0.05, 0) is 102 Å². The van der Waals surface area contributed by atoms with Crippen LogP contribution in [0.3, 0.4) is 0 Å². The van der Waals surface area contributed by atoms with Gasteiger partial charge in [0.1, 0.15) is 5.84 Å². The van der Waals surface area contributed by atoms with Gasteiger partial charge >= 0.3 is 0 Å². The van der Waals surface area contributed by atoms with Gasteiger partial charge in [-0.3, -0.25) is 0 Å². The van der Waals surface area contributed by atoms with E-state index in [4.69, 9.17) is 4.99 Å². The molecule has 1 aromatic heterocycles. The monoisotopic (exact) mass is 839 g/mol. The van der Waals surface area contributed by atoms with Crippen LogP contribution in [-0.2, 0) is 10.8 Å². The van der Waals surface area contributed by atoms with E-state index in [1.807, 2.05) is 0 Å². The molecule has 0 radical (unpaired) electrons. The summed E-state index contributed by atoms with van der Waals surface area (Å²) < 4.78 is 2.49. The van der Waals surface area contributed by atoms with Crippen molar-refractivity contribution in [3.05, 3.63) is 228 Å². The van der Waals surface area contributed by atoms with E-state index in [0.717, 1.165) is 33.6 Å². The zero-order valence-electron chi connectivity index (χ0n) is 38.0. The Balaban J connectivity index is 1.07. The van der Waals surface area contributed by atoms with E-state index in [0.29, 0.717) is 0 Å². The summed E-state index contributed by atoms with van der Waals surface area (Å²) in [5, 5.41) is 11.2. The molecule has 3 heteroatoms. The molecule has 1 unspecified atom stereocenters. The molecule has 0 amide bonds. The molecule has 0 spiro atoms. The highest BCUT2D eigenvalue weighted by Crippen LogP contribution is 2.43. The number of nitrogens with zero attached hydrogens (tertiary/aromatic N) is 2. The molecule has 316 valence electrons. The third kappa shape index (κ3) is 7.13. The first kappa shape index (κ1) is 40.3. The molecule has 3 nitrogen and oxygen atoms in total. The number of hydrogen-bond acceptors (Lipinski definition) is 2. The largest absolute Gasteiger partial charge is 0.359 e. The highest BCUT2D eigenvalue weighted by atomic mass is 15.0. The van der Waals surface area contributed by atoms with Gasteiger partial charge in [-0.2, -0.15) is 0 Å². The third-order valence-electron chi connectivity index (χ3n) is 13.4. The maximum absolute atomic E-state index is 5.48. The Hall–Kier alpha value is -7.49. The van der Waals surface area contributed by atoms with E-state index in [9.17, 15) is 0 Å². The number of nitrogens with one attached hydrogen (secondary N) is 1. The van der Waals surface area contributed by atoms with E-state index < -0.39 is 0 Å². The van der Waals surface area contributed by atoms with Gasteiger partial charge in [0.15, 0.2) is 0 Å². The second kappa shape index (κ2) is 15.6. The van der Waals surface area contributed by atoms with Gasteiger partial charge < -0.3 is 9.88 Å². The summed E-state index contributed by atoms with van der Waals surface area (Å²) in [5.41, 5.74) is 15.4. The molecule has 11 rings (SSSR count). The zero-order chi connectivity index (χ0) is 44.5. The number of benzene rings is 9. The van der Waals surface area contributed by atoms with Crippen LogP contribution in [0.5, 0.6) is 0 Å². The Morgan fingerprint density at radius 3 is 1.49 bits per heavy atom. The molecule has 65 heavy (non-hydrogen) atoms. The second-order valence-electron chi connectivity index (χ2n) is 19.6. The highest BCUT2D eigenvalue weighted by Gasteiger charge is 2.25. The molecule has 0 saturated heterocycles. The first-order valence-corrected chi connectivity index (χ1v) is 22.9. The normalized spacial score (nSPS) is 14.5. The molecule has 1 aliphatic heterocycles. The summed E-state index contributed by atoms with van der Waals surface area (Å²) in [7, 11) is 0. The van der Waals surface area contributed by atoms with Crippen molar-refractivity contribution in [1.82, 2.24) is 9.88 Å². The maximum atomic E-state index is 5.48. The number of aliphatic imine (C=N–C) groups is 1. The SMILES string of the molecule is CC(C)(C)c1ccc2c(c1)c1cc(C(C)(C)C)ccc1n2-c1ccc(-c2ccc(C3=NC(c4ccccc4-c4ccccc4)=CC(c4ccccc4)N3)c3ccccc23)c2ccccc12. The molecular formula is C62H53N3. The fraction of sp³-hybridized carbons (Fsp3) is 0.145. The summed E-state index contributed by atoms with van der Waals surface area (Å²) in [6, 6.07) is 71.1. The summed E-state index contributed by atoms with van der Waals surface area (Å²) in [5.74, 6) is 0.859. The van der Waals surface area contributed by atoms with Gasteiger partial charge in [0.2, 0.25) is 0 Å². The van der Waals surface area contributed by atoms with Crippen molar-refractivity contribution in [2.75, 3.05) is 0 Å². The zero-order valence-corrected chi connectivity index (χ0v) is 38.0. The minimum absolute atomic E-state index is 0.0347. The predicted octanol–water partition coefficient (Wildman–Crippen LogP) is 16.2. The van der Waals surface area contributed by atoms with Crippen molar-refractivity contribution in [3.63, 3.8) is 0 Å². The van der Waals surface area contributed by atoms with Gasteiger partial charge in [-0.25, -0.2) is 4.99 Å². The lowest BCUT2D eigenvalue weighted by atomic mass is 9.85. The Morgan fingerprint density at radius 1 is 0.415 bits per heavy atom. The minimum atomic E-state index is -0.0709. The van der Waals surface area contributed by atoms with Crippen molar-refractivity contribution >= 4 is 54.9 Å². The Bertz CT molecular complexity index is 3450. The quantitative estimate of drug-likeness (QED) is 0.178. The molecule has 0 bridgehead atoms. The van der Waals surface area contributed by atoms with Gasteiger partial charge in [0.05, 0.1) is 28.5 Å². The van der Waals surface area contributed by atoms with Crippen LogP contribution in [-0.4, -0.2) is 10.4 Å². The van der Waals surface area contributed by atoms with E-state index in [2.05, 4.69) is 252 Å². The first-order valence-electron chi connectivity index (χ1n) is 22.9. The molecule has 2 heterocycles. The van der Waals surface area contributed by atoms with Crippen LogP contribution in [0.4, 0.5) is 0 Å². The van der Waals surface area contributed by atoms with Crippen LogP contribution < -0.4 is 5.32 Å². The number of rotatable bonds is 6. The van der Waals surface area contributed by atoms with Crippen molar-refractivity contribution in [3.8, 4) is 27.9 Å². The van der Waals surface area contributed by atoms with Crippen molar-refractivity contribution in [1.29, 1.82) is 0 Å². The molecule has 10 aromatic rings. The number of fused-ring (bicyclic) bond motifs is 5. The standard InChI is InChI=1S/C62H53N3/c1-61(2,3)42-29-34-58-53(37-42)54-38-43(62(4,5)6)30-35-59(54)65(58)57-36-33-49(46-25-16-18-28-51(46)57)48-31-32-52(47-26-15-14-24-45(47)48)60-63-55(41-21-11-8-12-22-41)39-56(64-60)50-27-17-13-23-44(50)40-19-9-7-10-20-40/h7-39,55H,1-6H3,(H,63,64). The number of hydrogen-bond donors (Lipinski definition) is 1. The fourth-order valence-electron chi connectivity index (χ4n) is 9.91. The minimum Gasteiger partial charge on any atom is -0.359 e. The molecule has 9 aromatic carbocycles.